The molecule has 0 unspecified atom stereocenters. The largest absolute Gasteiger partial charge is 0.379 e. The van der Waals surface area contributed by atoms with Crippen molar-refractivity contribution in [1.29, 1.82) is 0 Å². The minimum absolute atomic E-state index is 0.0797. The van der Waals surface area contributed by atoms with Gasteiger partial charge in [0.05, 0.1) is 25.0 Å². The van der Waals surface area contributed by atoms with E-state index in [1.807, 2.05) is 24.0 Å². The minimum atomic E-state index is -3.13. The molecule has 1 aromatic heterocycles. The maximum Gasteiger partial charge on any atom is 0.217 e. The fourth-order valence-corrected chi connectivity index (χ4v) is 5.84. The predicted molar refractivity (Wildman–Crippen MR) is 89.9 cm³/mol. The van der Waals surface area contributed by atoms with Crippen LogP contribution < -0.4 is 0 Å². The monoisotopic (exact) mass is 354 g/mol. The average Bonchev–Trinajstić information content (AvgIpc) is 3.27. The first-order valence-corrected chi connectivity index (χ1v) is 10.2. The molecule has 0 amide bonds. The summed E-state index contributed by atoms with van der Waals surface area (Å²) >= 11 is 0. The summed E-state index contributed by atoms with van der Waals surface area (Å²) in [6.45, 7) is 4.90. The van der Waals surface area contributed by atoms with Crippen LogP contribution in [0.4, 0.5) is 0 Å². The quantitative estimate of drug-likeness (QED) is 0.785. The Balaban J connectivity index is 1.47. The van der Waals surface area contributed by atoms with E-state index in [1.165, 1.54) is 0 Å². The summed E-state index contributed by atoms with van der Waals surface area (Å²) < 4.78 is 34.9. The number of aromatic nitrogens is 2. The van der Waals surface area contributed by atoms with Gasteiger partial charge in [-0.1, -0.05) is 0 Å². The Morgan fingerprint density at radius 2 is 2.17 bits per heavy atom. The number of imidazole rings is 1. The molecule has 0 bridgehead atoms. The third-order valence-corrected chi connectivity index (χ3v) is 7.86. The Morgan fingerprint density at radius 3 is 2.88 bits per heavy atom. The molecule has 3 heterocycles. The van der Waals surface area contributed by atoms with E-state index in [1.54, 1.807) is 4.31 Å². The number of hydrogen-bond acceptors (Lipinski definition) is 5. The van der Waals surface area contributed by atoms with Crippen molar-refractivity contribution in [1.82, 2.24) is 18.8 Å². The first-order chi connectivity index (χ1) is 11.5. The van der Waals surface area contributed by atoms with Gasteiger partial charge in [0, 0.05) is 44.5 Å². The molecule has 1 aliphatic carbocycles. The van der Waals surface area contributed by atoms with E-state index in [0.29, 0.717) is 26.3 Å². The van der Waals surface area contributed by atoms with Crippen molar-refractivity contribution in [2.75, 3.05) is 39.4 Å². The van der Waals surface area contributed by atoms with Crippen LogP contribution in [0, 0.1) is 5.41 Å². The van der Waals surface area contributed by atoms with Crippen molar-refractivity contribution in [2.45, 2.75) is 31.1 Å². The molecule has 24 heavy (non-hydrogen) atoms. The smallest absolute Gasteiger partial charge is 0.217 e. The molecule has 3 aliphatic rings. The number of hydrogen-bond donors (Lipinski definition) is 0. The Labute approximate surface area is 143 Å². The fraction of sp³-hybridized carbons (Fsp3) is 0.812. The molecule has 4 rings (SSSR count). The van der Waals surface area contributed by atoms with Gasteiger partial charge in [0.15, 0.2) is 0 Å². The zero-order chi connectivity index (χ0) is 16.8. The lowest BCUT2D eigenvalue weighted by Gasteiger charge is -2.31. The van der Waals surface area contributed by atoms with Gasteiger partial charge >= 0.3 is 0 Å². The van der Waals surface area contributed by atoms with Crippen LogP contribution in [0.15, 0.2) is 12.4 Å². The number of likely N-dealkylation sites (tertiary alicyclic amines) is 1. The van der Waals surface area contributed by atoms with Gasteiger partial charge in [-0.3, -0.25) is 4.90 Å². The lowest BCUT2D eigenvalue weighted by molar-refractivity contribution is 0.0718. The van der Waals surface area contributed by atoms with Crippen LogP contribution in [0.2, 0.25) is 0 Å². The summed E-state index contributed by atoms with van der Waals surface area (Å²) in [6, 6.07) is 0. The van der Waals surface area contributed by atoms with Crippen LogP contribution >= 0.6 is 0 Å². The molecule has 0 N–H and O–H groups in total. The highest BCUT2D eigenvalue weighted by molar-refractivity contribution is 7.90. The van der Waals surface area contributed by atoms with E-state index in [2.05, 4.69) is 9.88 Å². The molecular weight excluding hydrogens is 328 g/mol. The molecule has 1 saturated carbocycles. The first-order valence-electron chi connectivity index (χ1n) is 8.74. The molecule has 3 fully saturated rings. The summed E-state index contributed by atoms with van der Waals surface area (Å²) in [5.74, 6) is 1.05. The highest BCUT2D eigenvalue weighted by atomic mass is 32.2. The molecule has 8 heteroatoms. The van der Waals surface area contributed by atoms with Gasteiger partial charge in [0.1, 0.15) is 5.82 Å². The molecule has 0 aromatic carbocycles. The highest BCUT2D eigenvalue weighted by Gasteiger charge is 2.47. The van der Waals surface area contributed by atoms with Gasteiger partial charge in [-0.2, -0.15) is 4.31 Å². The standard InChI is InChI=1S/C16H26N4O3S/c1-18-7-5-17-15(18)10-19-6-4-16(11-19)12-20(8-9-23-13-16)24(21,22)14-2-3-14/h5,7,14H,2-4,6,8-13H2,1H3/t16-/m0/s1. The van der Waals surface area contributed by atoms with Crippen LogP contribution in [-0.2, 0) is 28.4 Å². The van der Waals surface area contributed by atoms with Crippen molar-refractivity contribution in [3.8, 4) is 0 Å². The molecular formula is C16H26N4O3S. The molecule has 7 nitrogen and oxygen atoms in total. The second-order valence-corrected chi connectivity index (χ2v) is 9.76. The van der Waals surface area contributed by atoms with E-state index in [-0.39, 0.29) is 10.7 Å². The summed E-state index contributed by atoms with van der Waals surface area (Å²) in [4.78, 5) is 6.77. The van der Waals surface area contributed by atoms with Gasteiger partial charge in [0.2, 0.25) is 10.0 Å². The van der Waals surface area contributed by atoms with Crippen molar-refractivity contribution >= 4 is 10.0 Å². The van der Waals surface area contributed by atoms with E-state index in [9.17, 15) is 8.42 Å². The maximum absolute atomic E-state index is 12.7. The van der Waals surface area contributed by atoms with Gasteiger partial charge < -0.3 is 9.30 Å². The van der Waals surface area contributed by atoms with Crippen molar-refractivity contribution in [3.05, 3.63) is 18.2 Å². The fourth-order valence-electron chi connectivity index (χ4n) is 3.91. The van der Waals surface area contributed by atoms with E-state index >= 15 is 0 Å². The third-order valence-electron chi connectivity index (χ3n) is 5.51. The topological polar surface area (TPSA) is 67.7 Å². The third kappa shape index (κ3) is 3.12. The average molecular weight is 354 g/mol. The maximum atomic E-state index is 12.7. The Kier molecular flexibility index (Phi) is 4.19. The van der Waals surface area contributed by atoms with Crippen molar-refractivity contribution in [2.24, 2.45) is 12.5 Å². The summed E-state index contributed by atoms with van der Waals surface area (Å²) in [7, 11) is -1.12. The van der Waals surface area contributed by atoms with E-state index in [4.69, 9.17) is 4.74 Å². The molecule has 1 spiro atoms. The second-order valence-electron chi connectivity index (χ2n) is 7.55. The Morgan fingerprint density at radius 1 is 1.33 bits per heavy atom. The number of rotatable bonds is 4. The first kappa shape index (κ1) is 16.5. The SMILES string of the molecule is Cn1ccnc1CN1CC[C@]2(COCCN(S(=O)(=O)C3CC3)C2)C1. The second kappa shape index (κ2) is 6.09. The number of nitrogens with zero attached hydrogens (tertiary/aromatic N) is 4. The van der Waals surface area contributed by atoms with Crippen LogP contribution in [0.5, 0.6) is 0 Å². The summed E-state index contributed by atoms with van der Waals surface area (Å²) in [5, 5.41) is -0.141. The molecule has 2 saturated heterocycles. The summed E-state index contributed by atoms with van der Waals surface area (Å²) in [6.07, 6.45) is 6.39. The van der Waals surface area contributed by atoms with Crippen molar-refractivity contribution in [3.63, 3.8) is 0 Å². The van der Waals surface area contributed by atoms with Crippen LogP contribution in [0.25, 0.3) is 0 Å². The van der Waals surface area contributed by atoms with Gasteiger partial charge in [0.25, 0.3) is 0 Å². The normalized spacial score (nSPS) is 30.0. The van der Waals surface area contributed by atoms with Gasteiger partial charge in [-0.05, 0) is 25.8 Å². The van der Waals surface area contributed by atoms with E-state index in [0.717, 1.165) is 44.7 Å². The van der Waals surface area contributed by atoms with Gasteiger partial charge in [-0.15, -0.1) is 0 Å². The molecule has 1 atom stereocenters. The van der Waals surface area contributed by atoms with E-state index < -0.39 is 10.0 Å². The molecule has 2 aliphatic heterocycles. The van der Waals surface area contributed by atoms with Crippen LogP contribution in [0.3, 0.4) is 0 Å². The molecule has 1 aromatic rings. The van der Waals surface area contributed by atoms with Gasteiger partial charge in [-0.25, -0.2) is 13.4 Å². The Bertz CT molecular complexity index is 700. The molecule has 0 radical (unpaired) electrons. The van der Waals surface area contributed by atoms with Crippen LogP contribution in [-0.4, -0.2) is 71.8 Å². The minimum Gasteiger partial charge on any atom is -0.379 e. The zero-order valence-electron chi connectivity index (χ0n) is 14.2. The zero-order valence-corrected chi connectivity index (χ0v) is 15.0. The lowest BCUT2D eigenvalue weighted by Crippen LogP contribution is -2.44. The number of aryl methyl sites for hydroxylation is 1. The Hall–Kier alpha value is -0.960. The summed E-state index contributed by atoms with van der Waals surface area (Å²) in [5.41, 5.74) is -0.0797. The van der Waals surface area contributed by atoms with Crippen LogP contribution in [0.1, 0.15) is 25.1 Å². The number of ether oxygens (including phenoxy) is 1. The van der Waals surface area contributed by atoms with Crippen molar-refractivity contribution < 1.29 is 13.2 Å². The number of sulfonamides is 1. The predicted octanol–water partition coefficient (Wildman–Crippen LogP) is 0.437. The lowest BCUT2D eigenvalue weighted by atomic mass is 9.88. The highest BCUT2D eigenvalue weighted by Crippen LogP contribution is 2.38. The molecule has 134 valence electrons.